The molecule has 0 saturated heterocycles. The van der Waals surface area contributed by atoms with Crippen molar-refractivity contribution in [3.05, 3.63) is 34.1 Å². The second kappa shape index (κ2) is 9.03. The highest BCUT2D eigenvalue weighted by molar-refractivity contribution is 5.97. The van der Waals surface area contributed by atoms with Crippen LogP contribution in [0.2, 0.25) is 0 Å². The summed E-state index contributed by atoms with van der Waals surface area (Å²) in [6.45, 7) is 0. The van der Waals surface area contributed by atoms with E-state index in [2.05, 4.69) is 0 Å². The number of hydrogen-bond donors (Lipinski definition) is 1. The van der Waals surface area contributed by atoms with Crippen molar-refractivity contribution >= 4 is 17.3 Å². The minimum absolute atomic E-state index is 0.00138. The number of alkyl halides is 16. The summed E-state index contributed by atoms with van der Waals surface area (Å²) in [5.41, 5.74) is -3.16. The van der Waals surface area contributed by atoms with E-state index in [1.54, 1.807) is 0 Å². The van der Waals surface area contributed by atoms with Gasteiger partial charge < -0.3 is 5.32 Å². The van der Waals surface area contributed by atoms with Gasteiger partial charge in [0, 0.05) is 11.8 Å². The predicted molar refractivity (Wildman–Crippen MR) is 82.3 cm³/mol. The molecule has 0 heterocycles. The van der Waals surface area contributed by atoms with E-state index in [9.17, 15) is 89.5 Å². The number of carbonyl (C=O) groups is 1. The van der Waals surface area contributed by atoms with Gasteiger partial charge in [0.05, 0.1) is 4.92 Å². The van der Waals surface area contributed by atoms with E-state index in [1.165, 1.54) is 0 Å². The predicted octanol–water partition coefficient (Wildman–Crippen LogP) is 6.38. The number of nitrogens with one attached hydrogen (secondary N) is 1. The zero-order chi connectivity index (χ0) is 29.8. The van der Waals surface area contributed by atoms with Gasteiger partial charge in [0.1, 0.15) is 0 Å². The molecule has 0 atom stereocenters. The van der Waals surface area contributed by atoms with Crippen LogP contribution in [0.15, 0.2) is 18.2 Å². The molecule has 1 rings (SSSR count). The van der Waals surface area contributed by atoms with Crippen molar-refractivity contribution in [2.24, 2.45) is 0 Å². The fraction of sp³-hybridized carbons (Fsp3) is 0.533. The molecule has 212 valence electrons. The average Bonchev–Trinajstić information content (AvgIpc) is 2.73. The Hall–Kier alpha value is -3.10. The third-order valence-corrected chi connectivity index (χ3v) is 4.35. The van der Waals surface area contributed by atoms with Gasteiger partial charge in [-0.2, -0.15) is 65.9 Å². The van der Waals surface area contributed by atoms with E-state index < -0.39 is 75.9 Å². The summed E-state index contributed by atoms with van der Waals surface area (Å²) >= 11 is 0. The third kappa shape index (κ3) is 4.46. The van der Waals surface area contributed by atoms with Crippen LogP contribution in [0.25, 0.3) is 0 Å². The first-order chi connectivity index (χ1) is 16.2. The maximum atomic E-state index is 13.8. The van der Waals surface area contributed by atoms with Crippen molar-refractivity contribution < 1.29 is 84.4 Å². The zero-order valence-electron chi connectivity index (χ0n) is 16.4. The molecule has 0 aliphatic carbocycles. The normalized spacial score (nSPS) is 14.6. The van der Waals surface area contributed by atoms with Crippen LogP contribution in [0, 0.1) is 15.9 Å². The van der Waals surface area contributed by atoms with E-state index in [1.807, 2.05) is 0 Å². The molecular formula is C15H5F17N2O3. The first-order valence-corrected chi connectivity index (χ1v) is 8.34. The average molecular weight is 584 g/mol. The van der Waals surface area contributed by atoms with Gasteiger partial charge in [0.25, 0.3) is 0 Å². The summed E-state index contributed by atoms with van der Waals surface area (Å²) in [5.74, 6) is -62.9. The maximum Gasteiger partial charge on any atom is 0.393 e. The van der Waals surface area contributed by atoms with Gasteiger partial charge in [0.2, 0.25) is 5.82 Å². The lowest BCUT2D eigenvalue weighted by atomic mass is 9.89. The minimum Gasteiger partial charge on any atom is -0.320 e. The Labute approximate surface area is 190 Å². The van der Waals surface area contributed by atoms with Crippen LogP contribution >= 0.6 is 0 Å². The second-order valence-electron chi connectivity index (χ2n) is 6.75. The Morgan fingerprint density at radius 3 is 1.57 bits per heavy atom. The Morgan fingerprint density at radius 2 is 1.16 bits per heavy atom. The molecule has 1 N–H and O–H groups in total. The van der Waals surface area contributed by atoms with Crippen molar-refractivity contribution in [2.45, 2.75) is 47.9 Å². The van der Waals surface area contributed by atoms with Crippen LogP contribution in [-0.4, -0.2) is 58.7 Å². The number of amides is 1. The van der Waals surface area contributed by atoms with Crippen molar-refractivity contribution in [1.82, 2.24) is 0 Å². The molecule has 0 bridgehead atoms. The summed E-state index contributed by atoms with van der Waals surface area (Å²) in [5, 5.41) is 11.0. The van der Waals surface area contributed by atoms with Crippen molar-refractivity contribution in [1.29, 1.82) is 0 Å². The van der Waals surface area contributed by atoms with E-state index in [0.29, 0.717) is 5.32 Å². The highest BCUT2D eigenvalue weighted by Gasteiger charge is 2.94. The summed E-state index contributed by atoms with van der Waals surface area (Å²) in [7, 11) is 0. The van der Waals surface area contributed by atoms with Gasteiger partial charge in [-0.1, -0.05) is 0 Å². The fourth-order valence-corrected chi connectivity index (χ4v) is 2.22. The number of nitro benzene ring substituents is 1. The number of carbonyl (C=O) groups excluding carboxylic acids is 1. The standard InChI is InChI=1S/C15H5F17N2O3/c16-5-2-1-4(3-6(5)34(36)37)33-8(35)10(21,22)12(25,26)14(29,30)15(31,32)13(27,28)11(23,24)9(19,20)7(17)18/h1-3,7H,(H,33,35). The Kier molecular flexibility index (Phi) is 7.79. The maximum absolute atomic E-state index is 13.8. The van der Waals surface area contributed by atoms with Gasteiger partial charge in [-0.05, 0) is 12.1 Å². The molecule has 1 amide bonds. The van der Waals surface area contributed by atoms with E-state index in [-0.39, 0.29) is 18.2 Å². The second-order valence-corrected chi connectivity index (χ2v) is 6.75. The van der Waals surface area contributed by atoms with Gasteiger partial charge in [0.15, 0.2) is 0 Å². The molecule has 0 saturated carbocycles. The Bertz CT molecular complexity index is 1060. The van der Waals surface area contributed by atoms with Crippen LogP contribution in [0.4, 0.5) is 86.0 Å². The summed E-state index contributed by atoms with van der Waals surface area (Å²) in [6, 6.07) is -0.143. The highest BCUT2D eigenvalue weighted by atomic mass is 19.4. The number of hydrogen-bond acceptors (Lipinski definition) is 3. The van der Waals surface area contributed by atoms with Gasteiger partial charge in [-0.25, -0.2) is 8.78 Å². The molecule has 1 aromatic rings. The van der Waals surface area contributed by atoms with Crippen LogP contribution in [-0.2, 0) is 4.79 Å². The van der Waals surface area contributed by atoms with Crippen LogP contribution in [0.1, 0.15) is 0 Å². The molecule has 0 aliphatic rings. The van der Waals surface area contributed by atoms with Gasteiger partial charge in [-0.15, -0.1) is 0 Å². The summed E-state index contributed by atoms with van der Waals surface area (Å²) in [6.07, 6.45) is -6.00. The molecule has 0 aliphatic heterocycles. The number of halogens is 17. The third-order valence-electron chi connectivity index (χ3n) is 4.35. The first kappa shape index (κ1) is 31.9. The topological polar surface area (TPSA) is 72.2 Å². The van der Waals surface area contributed by atoms with Crippen molar-refractivity contribution in [2.75, 3.05) is 5.32 Å². The van der Waals surface area contributed by atoms with E-state index in [0.717, 1.165) is 0 Å². The monoisotopic (exact) mass is 584 g/mol. The lowest BCUT2D eigenvalue weighted by molar-refractivity contribution is -0.443. The molecule has 0 unspecified atom stereocenters. The lowest BCUT2D eigenvalue weighted by Gasteiger charge is -2.42. The molecule has 22 heteroatoms. The Morgan fingerprint density at radius 1 is 0.757 bits per heavy atom. The summed E-state index contributed by atoms with van der Waals surface area (Å²) in [4.78, 5) is 20.3. The molecular weight excluding hydrogens is 579 g/mol. The largest absolute Gasteiger partial charge is 0.393 e. The molecule has 37 heavy (non-hydrogen) atoms. The number of rotatable bonds is 10. The molecule has 0 radical (unpaired) electrons. The zero-order valence-corrected chi connectivity index (χ0v) is 16.4. The van der Waals surface area contributed by atoms with Crippen LogP contribution in [0.5, 0.6) is 0 Å². The highest BCUT2D eigenvalue weighted by Crippen LogP contribution is 2.62. The van der Waals surface area contributed by atoms with Gasteiger partial charge >= 0.3 is 59.5 Å². The number of anilines is 1. The van der Waals surface area contributed by atoms with Gasteiger partial charge in [-0.3, -0.25) is 14.9 Å². The summed E-state index contributed by atoms with van der Waals surface area (Å²) < 4.78 is 225. The molecule has 0 spiro atoms. The minimum atomic E-state index is -8.69. The SMILES string of the molecule is O=C(Nc1ccc(F)c([N+](=O)[O-])c1)C(F)(F)C(F)(F)C(F)(F)C(F)(F)C(F)(F)C(F)(F)C(F)(F)C(F)F. The molecule has 0 fully saturated rings. The van der Waals surface area contributed by atoms with E-state index >= 15 is 0 Å². The quantitative estimate of drug-likeness (QED) is 0.197. The smallest absolute Gasteiger partial charge is 0.320 e. The molecule has 5 nitrogen and oxygen atoms in total. The van der Waals surface area contributed by atoms with Crippen molar-refractivity contribution in [3.8, 4) is 0 Å². The first-order valence-electron chi connectivity index (χ1n) is 8.34. The van der Waals surface area contributed by atoms with Crippen molar-refractivity contribution in [3.63, 3.8) is 0 Å². The van der Waals surface area contributed by atoms with Crippen LogP contribution < -0.4 is 5.32 Å². The van der Waals surface area contributed by atoms with Crippen LogP contribution in [0.3, 0.4) is 0 Å². The molecule has 1 aromatic carbocycles. The Balaban J connectivity index is 3.56. The lowest BCUT2D eigenvalue weighted by Crippen LogP contribution is -2.74. The fourth-order valence-electron chi connectivity index (χ4n) is 2.22. The number of benzene rings is 1. The number of nitrogens with zero attached hydrogens (tertiary/aromatic N) is 1. The van der Waals surface area contributed by atoms with E-state index in [4.69, 9.17) is 0 Å². The molecule has 0 aromatic heterocycles. The number of nitro groups is 1.